The standard InChI is InChI=1S/C33H48O8/c1-7-18-33(39)20-28(36)24(5)32(41-33)25(6)29-15-10-8-9-14-26(34)31(38)23(4)13-11-12-21(2)19-27(35)22(3)16-17-30(37)40-29/h8-14,16,19,24-29,32,34-36,39H,7,15,17-18,20H2,1-6H3/t24-,25-,26+,27-,28+,29+,32-,33-/m1/s1. The van der Waals surface area contributed by atoms with Crippen LogP contribution in [0.25, 0.3) is 0 Å². The van der Waals surface area contributed by atoms with Crippen molar-refractivity contribution in [3.8, 4) is 0 Å². The zero-order valence-corrected chi connectivity index (χ0v) is 25.2. The van der Waals surface area contributed by atoms with Gasteiger partial charge in [-0.15, -0.1) is 0 Å². The fourth-order valence-corrected chi connectivity index (χ4v) is 5.09. The number of ketones is 1. The molecule has 0 aromatic rings. The average molecular weight is 573 g/mol. The van der Waals surface area contributed by atoms with E-state index in [4.69, 9.17) is 9.47 Å². The Bertz CT molecular complexity index is 1080. The van der Waals surface area contributed by atoms with Gasteiger partial charge in [0.2, 0.25) is 0 Å². The molecule has 2 aliphatic heterocycles. The Morgan fingerprint density at radius 1 is 1.07 bits per heavy atom. The van der Waals surface area contributed by atoms with Crippen molar-refractivity contribution in [1.82, 2.24) is 0 Å². The summed E-state index contributed by atoms with van der Waals surface area (Å²) in [6.45, 7) is 10.8. The SMILES string of the molecule is CCC[C@]1(O)C[C@H](O)[C@@H](C)[C@H]([C@H](C)[C@@H]2CC=CC=C[C@H](O)C(=O)C(C)=CC=CC(C)=C[C@@H](O)C(C)=CCC(=O)O2)O1. The van der Waals surface area contributed by atoms with Crippen LogP contribution in [-0.4, -0.2) is 68.5 Å². The first-order chi connectivity index (χ1) is 19.3. The zero-order chi connectivity index (χ0) is 30.7. The molecule has 1 saturated heterocycles. The molecule has 2 aliphatic rings. The first-order valence-corrected chi connectivity index (χ1v) is 14.5. The van der Waals surface area contributed by atoms with Crippen molar-refractivity contribution >= 4 is 11.8 Å². The van der Waals surface area contributed by atoms with Gasteiger partial charge in [-0.05, 0) is 44.1 Å². The van der Waals surface area contributed by atoms with Crippen LogP contribution in [0.4, 0.5) is 0 Å². The third-order valence-corrected chi connectivity index (χ3v) is 7.79. The third kappa shape index (κ3) is 10.6. The molecule has 1 fully saturated rings. The fourth-order valence-electron chi connectivity index (χ4n) is 5.09. The van der Waals surface area contributed by atoms with Crippen molar-refractivity contribution < 1.29 is 39.5 Å². The molecule has 0 aromatic heterocycles. The summed E-state index contributed by atoms with van der Waals surface area (Å²) < 4.78 is 12.0. The Balaban J connectivity index is 2.38. The van der Waals surface area contributed by atoms with Gasteiger partial charge in [0.1, 0.15) is 12.2 Å². The Morgan fingerprint density at radius 3 is 2.46 bits per heavy atom. The maximum atomic E-state index is 12.9. The Labute approximate surface area is 244 Å². The van der Waals surface area contributed by atoms with Gasteiger partial charge >= 0.3 is 5.97 Å². The van der Waals surface area contributed by atoms with E-state index in [2.05, 4.69) is 0 Å². The van der Waals surface area contributed by atoms with Crippen molar-refractivity contribution in [3.63, 3.8) is 0 Å². The molecule has 0 unspecified atom stereocenters. The van der Waals surface area contributed by atoms with Gasteiger partial charge in [0.05, 0.1) is 24.7 Å². The molecule has 8 nitrogen and oxygen atoms in total. The second-order valence-corrected chi connectivity index (χ2v) is 11.4. The molecule has 0 radical (unpaired) electrons. The number of rotatable bonds is 4. The van der Waals surface area contributed by atoms with Crippen LogP contribution in [0.3, 0.4) is 0 Å². The Kier molecular flexibility index (Phi) is 13.6. The Hall–Kier alpha value is -2.62. The molecule has 0 aromatic carbocycles. The van der Waals surface area contributed by atoms with Gasteiger partial charge in [0, 0.05) is 31.1 Å². The number of hydrogen-bond donors (Lipinski definition) is 4. The first kappa shape index (κ1) is 34.6. The van der Waals surface area contributed by atoms with E-state index in [9.17, 15) is 30.0 Å². The third-order valence-electron chi connectivity index (χ3n) is 7.79. The number of cyclic esters (lactones) is 1. The van der Waals surface area contributed by atoms with Crippen LogP contribution < -0.4 is 0 Å². The van der Waals surface area contributed by atoms with Crippen molar-refractivity contribution in [1.29, 1.82) is 0 Å². The lowest BCUT2D eigenvalue weighted by Crippen LogP contribution is -2.54. The van der Waals surface area contributed by atoms with E-state index in [1.807, 2.05) is 20.8 Å². The summed E-state index contributed by atoms with van der Waals surface area (Å²) in [7, 11) is 0. The summed E-state index contributed by atoms with van der Waals surface area (Å²) in [5, 5.41) is 42.6. The number of carbonyl (C=O) groups excluding carboxylic acids is 2. The van der Waals surface area contributed by atoms with Crippen molar-refractivity contribution in [2.45, 2.75) is 110 Å². The molecule has 8 heteroatoms. The van der Waals surface area contributed by atoms with Gasteiger partial charge in [0.25, 0.3) is 0 Å². The van der Waals surface area contributed by atoms with Gasteiger partial charge < -0.3 is 29.9 Å². The summed E-state index contributed by atoms with van der Waals surface area (Å²) in [5.74, 6) is -3.06. The predicted octanol–water partition coefficient (Wildman–Crippen LogP) is 4.40. The lowest BCUT2D eigenvalue weighted by atomic mass is 9.79. The van der Waals surface area contributed by atoms with Crippen LogP contribution in [0.5, 0.6) is 0 Å². The van der Waals surface area contributed by atoms with Crippen molar-refractivity contribution in [2.75, 3.05) is 0 Å². The van der Waals surface area contributed by atoms with Crippen molar-refractivity contribution in [3.05, 3.63) is 71.4 Å². The molecular formula is C33H48O8. The fraction of sp³-hybridized carbons (Fsp3) is 0.576. The molecule has 0 saturated carbocycles. The highest BCUT2D eigenvalue weighted by molar-refractivity contribution is 5.99. The summed E-state index contributed by atoms with van der Waals surface area (Å²) >= 11 is 0. The molecule has 0 aliphatic carbocycles. The number of ether oxygens (including phenoxy) is 2. The second-order valence-electron chi connectivity index (χ2n) is 11.4. The molecule has 0 amide bonds. The first-order valence-electron chi connectivity index (χ1n) is 14.5. The smallest absolute Gasteiger partial charge is 0.309 e. The van der Waals surface area contributed by atoms with E-state index in [1.165, 1.54) is 6.08 Å². The van der Waals surface area contributed by atoms with Crippen LogP contribution in [-0.2, 0) is 19.1 Å². The van der Waals surface area contributed by atoms with Crippen LogP contribution in [0.2, 0.25) is 0 Å². The molecular weight excluding hydrogens is 524 g/mol. The highest BCUT2D eigenvalue weighted by atomic mass is 16.6. The van der Waals surface area contributed by atoms with E-state index >= 15 is 0 Å². The maximum absolute atomic E-state index is 12.9. The molecule has 2 heterocycles. The minimum Gasteiger partial charge on any atom is -0.461 e. The second kappa shape index (κ2) is 16.1. The molecule has 0 spiro atoms. The number of aliphatic hydroxyl groups is 4. The Morgan fingerprint density at radius 2 is 1.78 bits per heavy atom. The predicted molar refractivity (Wildman–Crippen MR) is 159 cm³/mol. The molecule has 4 N–H and O–H groups in total. The van der Waals surface area contributed by atoms with Crippen LogP contribution in [0, 0.1) is 11.8 Å². The quantitative estimate of drug-likeness (QED) is 0.288. The normalized spacial score (nSPS) is 33.9. The summed E-state index contributed by atoms with van der Waals surface area (Å²) in [4.78, 5) is 25.4. The van der Waals surface area contributed by atoms with E-state index < -0.39 is 48.1 Å². The lowest BCUT2D eigenvalue weighted by Gasteiger charge is -2.46. The lowest BCUT2D eigenvalue weighted by molar-refractivity contribution is -0.303. The van der Waals surface area contributed by atoms with E-state index in [0.29, 0.717) is 30.4 Å². The van der Waals surface area contributed by atoms with Gasteiger partial charge in [0.15, 0.2) is 11.6 Å². The molecule has 228 valence electrons. The minimum absolute atomic E-state index is 0.0435. The molecule has 41 heavy (non-hydrogen) atoms. The van der Waals surface area contributed by atoms with E-state index in [1.54, 1.807) is 69.4 Å². The van der Waals surface area contributed by atoms with E-state index in [-0.39, 0.29) is 24.7 Å². The number of Topliss-reactive ketones (excluding diaryl/α,β-unsaturated/α-hetero) is 1. The van der Waals surface area contributed by atoms with Gasteiger partial charge in [-0.1, -0.05) is 75.3 Å². The number of hydrogen-bond acceptors (Lipinski definition) is 8. The highest BCUT2D eigenvalue weighted by Crippen LogP contribution is 2.39. The average Bonchev–Trinajstić information content (AvgIpc) is 2.91. The molecule has 8 atom stereocenters. The van der Waals surface area contributed by atoms with Crippen LogP contribution in [0.1, 0.15) is 73.6 Å². The van der Waals surface area contributed by atoms with Crippen LogP contribution >= 0.6 is 0 Å². The van der Waals surface area contributed by atoms with Gasteiger partial charge in [-0.2, -0.15) is 0 Å². The number of esters is 1. The topological polar surface area (TPSA) is 134 Å². The highest BCUT2D eigenvalue weighted by Gasteiger charge is 2.47. The van der Waals surface area contributed by atoms with Gasteiger partial charge in [-0.3, -0.25) is 9.59 Å². The minimum atomic E-state index is -1.46. The number of allylic oxidation sites excluding steroid dienone is 6. The zero-order valence-electron chi connectivity index (χ0n) is 25.2. The molecule has 0 bridgehead atoms. The monoisotopic (exact) mass is 572 g/mol. The van der Waals surface area contributed by atoms with Gasteiger partial charge in [-0.25, -0.2) is 0 Å². The van der Waals surface area contributed by atoms with E-state index in [0.717, 1.165) is 5.57 Å². The molecule has 2 rings (SSSR count). The summed E-state index contributed by atoms with van der Waals surface area (Å²) in [6, 6.07) is 0. The van der Waals surface area contributed by atoms with Crippen LogP contribution in [0.15, 0.2) is 71.4 Å². The number of aliphatic hydroxyl groups excluding tert-OH is 3. The number of carbonyl (C=O) groups is 2. The largest absolute Gasteiger partial charge is 0.461 e. The summed E-state index contributed by atoms with van der Waals surface area (Å²) in [6.07, 6.45) is 11.9. The summed E-state index contributed by atoms with van der Waals surface area (Å²) in [5.41, 5.74) is 1.72. The van der Waals surface area contributed by atoms with Crippen molar-refractivity contribution in [2.24, 2.45) is 11.8 Å². The maximum Gasteiger partial charge on any atom is 0.309 e.